The van der Waals surface area contributed by atoms with Gasteiger partial charge in [0.15, 0.2) is 14.9 Å². The Balaban J connectivity index is 2.70. The summed E-state index contributed by atoms with van der Waals surface area (Å²) in [5.41, 5.74) is 0.0231. The summed E-state index contributed by atoms with van der Waals surface area (Å²) in [6.45, 7) is 6.83. The quantitative estimate of drug-likeness (QED) is 0.879. The molecule has 4 nitrogen and oxygen atoms in total. The van der Waals surface area contributed by atoms with Crippen LogP contribution >= 0.6 is 11.5 Å². The Morgan fingerprint density at radius 1 is 1.47 bits per heavy atom. The second-order valence-electron chi connectivity index (χ2n) is 4.51. The van der Waals surface area contributed by atoms with Gasteiger partial charge in [-0.25, -0.2) is 8.42 Å². The van der Waals surface area contributed by atoms with Gasteiger partial charge in [0.2, 0.25) is 0 Å². The van der Waals surface area contributed by atoms with Crippen LogP contribution in [0.2, 0.25) is 0 Å². The van der Waals surface area contributed by atoms with Crippen molar-refractivity contribution in [2.45, 2.75) is 37.9 Å². The van der Waals surface area contributed by atoms with Crippen molar-refractivity contribution in [3.8, 4) is 0 Å². The van der Waals surface area contributed by atoms with E-state index in [1.807, 2.05) is 0 Å². The fraction of sp³-hybridized carbons (Fsp3) is 0.667. The molecule has 86 valence electrons. The molecule has 1 N–H and O–H groups in total. The van der Waals surface area contributed by atoms with Crippen LogP contribution in [0.5, 0.6) is 0 Å². The summed E-state index contributed by atoms with van der Waals surface area (Å²) in [6, 6.07) is 1.62. The van der Waals surface area contributed by atoms with E-state index in [1.54, 1.807) is 6.07 Å². The lowest BCUT2D eigenvalue weighted by molar-refractivity contribution is 0.426. The molecule has 0 unspecified atom stereocenters. The van der Waals surface area contributed by atoms with Crippen LogP contribution in [0.1, 0.15) is 25.6 Å². The Morgan fingerprint density at radius 3 is 2.47 bits per heavy atom. The van der Waals surface area contributed by atoms with Crippen molar-refractivity contribution >= 4 is 21.4 Å². The lowest BCUT2D eigenvalue weighted by Gasteiger charge is -2.19. The van der Waals surface area contributed by atoms with E-state index in [2.05, 4.69) is 30.5 Å². The monoisotopic (exact) mass is 248 g/mol. The first-order valence-electron chi connectivity index (χ1n) is 4.59. The molecule has 0 aliphatic heterocycles. The Labute approximate surface area is 94.8 Å². The maximum atomic E-state index is 11.2. The second kappa shape index (κ2) is 4.19. The summed E-state index contributed by atoms with van der Waals surface area (Å²) in [5.74, 6) is 0. The molecule has 0 radical (unpaired) electrons. The van der Waals surface area contributed by atoms with Gasteiger partial charge in [0.25, 0.3) is 0 Å². The van der Waals surface area contributed by atoms with Crippen molar-refractivity contribution in [2.75, 3.05) is 6.26 Å². The Bertz CT molecular complexity index is 429. The van der Waals surface area contributed by atoms with Crippen molar-refractivity contribution in [1.29, 1.82) is 0 Å². The topological polar surface area (TPSA) is 59.1 Å². The number of nitrogens with one attached hydrogen (secondary N) is 1. The predicted octanol–water partition coefficient (Wildman–Crippen LogP) is 1.43. The van der Waals surface area contributed by atoms with Crippen LogP contribution in [-0.4, -0.2) is 24.6 Å². The van der Waals surface area contributed by atoms with E-state index >= 15 is 0 Å². The molecule has 0 aromatic carbocycles. The van der Waals surface area contributed by atoms with Crippen LogP contribution in [0.15, 0.2) is 11.1 Å². The average Bonchev–Trinajstić information content (AvgIpc) is 2.45. The van der Waals surface area contributed by atoms with Crippen molar-refractivity contribution in [3.63, 3.8) is 0 Å². The van der Waals surface area contributed by atoms with Crippen LogP contribution in [-0.2, 0) is 16.4 Å². The molecule has 0 spiro atoms. The Morgan fingerprint density at radius 2 is 2.07 bits per heavy atom. The van der Waals surface area contributed by atoms with Crippen molar-refractivity contribution in [3.05, 3.63) is 10.9 Å². The molecular weight excluding hydrogens is 232 g/mol. The van der Waals surface area contributed by atoms with E-state index in [-0.39, 0.29) is 10.6 Å². The molecule has 0 bridgehead atoms. The van der Waals surface area contributed by atoms with Crippen molar-refractivity contribution < 1.29 is 8.42 Å². The van der Waals surface area contributed by atoms with Gasteiger partial charge in [-0.05, 0) is 38.4 Å². The molecule has 0 aliphatic carbocycles. The van der Waals surface area contributed by atoms with Crippen LogP contribution in [0, 0.1) is 0 Å². The van der Waals surface area contributed by atoms with E-state index < -0.39 is 9.84 Å². The number of rotatable bonds is 3. The maximum absolute atomic E-state index is 11.2. The zero-order valence-electron chi connectivity index (χ0n) is 9.36. The third kappa shape index (κ3) is 4.27. The lowest BCUT2D eigenvalue weighted by Crippen LogP contribution is -2.34. The highest BCUT2D eigenvalue weighted by atomic mass is 32.2. The third-order valence-corrected chi connectivity index (χ3v) is 3.58. The number of hydrogen-bond donors (Lipinski definition) is 1. The molecule has 0 saturated carbocycles. The summed E-state index contributed by atoms with van der Waals surface area (Å²) < 4.78 is 26.2. The number of sulfone groups is 1. The Hall–Kier alpha value is -0.460. The first kappa shape index (κ1) is 12.6. The third-order valence-electron chi connectivity index (χ3n) is 1.71. The lowest BCUT2D eigenvalue weighted by atomic mass is 10.1. The molecule has 1 heterocycles. The SMILES string of the molecule is CC(C)(C)NCc1cc(S(C)(=O)=O)ns1. The molecule has 1 aromatic rings. The van der Waals surface area contributed by atoms with Gasteiger partial charge in [-0.15, -0.1) is 0 Å². The first-order chi connectivity index (χ1) is 6.68. The molecule has 0 amide bonds. The van der Waals surface area contributed by atoms with Gasteiger partial charge in [-0.3, -0.25) is 0 Å². The van der Waals surface area contributed by atoms with Gasteiger partial charge in [0.05, 0.1) is 0 Å². The summed E-state index contributed by atoms with van der Waals surface area (Å²) >= 11 is 1.23. The Kier molecular flexibility index (Phi) is 3.52. The highest BCUT2D eigenvalue weighted by molar-refractivity contribution is 7.90. The number of nitrogens with zero attached hydrogens (tertiary/aromatic N) is 1. The van der Waals surface area contributed by atoms with E-state index in [0.29, 0.717) is 6.54 Å². The minimum atomic E-state index is -3.16. The predicted molar refractivity (Wildman–Crippen MR) is 61.8 cm³/mol. The van der Waals surface area contributed by atoms with Crippen molar-refractivity contribution in [2.24, 2.45) is 0 Å². The van der Waals surface area contributed by atoms with E-state index in [1.165, 1.54) is 17.8 Å². The fourth-order valence-electron chi connectivity index (χ4n) is 0.904. The minimum absolute atomic E-state index is 0.0231. The van der Waals surface area contributed by atoms with Gasteiger partial charge >= 0.3 is 0 Å². The smallest absolute Gasteiger partial charge is 0.193 e. The first-order valence-corrected chi connectivity index (χ1v) is 7.26. The van der Waals surface area contributed by atoms with E-state index in [4.69, 9.17) is 0 Å². The van der Waals surface area contributed by atoms with Gasteiger partial charge in [-0.1, -0.05) is 0 Å². The molecule has 0 fully saturated rings. The van der Waals surface area contributed by atoms with Gasteiger partial charge in [0.1, 0.15) is 0 Å². The van der Waals surface area contributed by atoms with Crippen LogP contribution in [0.25, 0.3) is 0 Å². The molecule has 1 aromatic heterocycles. The second-order valence-corrected chi connectivity index (χ2v) is 7.36. The van der Waals surface area contributed by atoms with Crippen LogP contribution < -0.4 is 5.32 Å². The summed E-state index contributed by atoms with van der Waals surface area (Å²) in [7, 11) is -3.16. The van der Waals surface area contributed by atoms with Crippen LogP contribution in [0.4, 0.5) is 0 Å². The molecular formula is C9H16N2O2S2. The zero-order chi connectivity index (χ0) is 11.7. The normalized spacial score (nSPS) is 13.1. The van der Waals surface area contributed by atoms with Gasteiger partial charge in [0, 0.05) is 23.2 Å². The minimum Gasteiger partial charge on any atom is -0.307 e. The highest BCUT2D eigenvalue weighted by Gasteiger charge is 2.14. The van der Waals surface area contributed by atoms with Gasteiger partial charge < -0.3 is 5.32 Å². The molecule has 0 aliphatic rings. The number of aromatic nitrogens is 1. The highest BCUT2D eigenvalue weighted by Crippen LogP contribution is 2.15. The molecule has 1 rings (SSSR count). The molecule has 0 saturated heterocycles. The van der Waals surface area contributed by atoms with Crippen molar-refractivity contribution in [1.82, 2.24) is 9.69 Å². The maximum Gasteiger partial charge on any atom is 0.193 e. The molecule has 6 heteroatoms. The molecule has 0 atom stereocenters. The standard InChI is InChI=1S/C9H16N2O2S2/c1-9(2,3)10-6-7-5-8(11-14-7)15(4,12)13/h5,10H,6H2,1-4H3. The zero-order valence-corrected chi connectivity index (χ0v) is 11.0. The fourth-order valence-corrected chi connectivity index (χ4v) is 2.55. The van der Waals surface area contributed by atoms with E-state index in [9.17, 15) is 8.42 Å². The largest absolute Gasteiger partial charge is 0.307 e. The average molecular weight is 248 g/mol. The van der Waals surface area contributed by atoms with Gasteiger partial charge in [-0.2, -0.15) is 4.37 Å². The summed E-state index contributed by atoms with van der Waals surface area (Å²) in [4.78, 5) is 0.936. The summed E-state index contributed by atoms with van der Waals surface area (Å²) in [6.07, 6.45) is 1.17. The number of hydrogen-bond acceptors (Lipinski definition) is 5. The molecule has 15 heavy (non-hydrogen) atoms. The van der Waals surface area contributed by atoms with E-state index in [0.717, 1.165) is 4.88 Å². The summed E-state index contributed by atoms with van der Waals surface area (Å²) in [5, 5.41) is 3.44. The van der Waals surface area contributed by atoms with Crippen LogP contribution in [0.3, 0.4) is 0 Å².